The summed E-state index contributed by atoms with van der Waals surface area (Å²) in [6.07, 6.45) is 1.27. The van der Waals surface area contributed by atoms with Crippen molar-refractivity contribution in [2.45, 2.75) is 95.0 Å². The fraction of sp³-hybridized carbons (Fsp3) is 0.652. The van der Waals surface area contributed by atoms with Crippen molar-refractivity contribution in [3.05, 3.63) is 12.3 Å². The topological polar surface area (TPSA) is 169 Å². The molecule has 1 aromatic heterocycles. The molecule has 1 aromatic rings. The molecule has 1 heterocycles. The first-order chi connectivity index (χ1) is 16.7. The van der Waals surface area contributed by atoms with Gasteiger partial charge in [0.05, 0.1) is 0 Å². The number of carbonyl (C=O) groups is 5. The lowest BCUT2D eigenvalue weighted by atomic mass is 9.73. The first-order valence-corrected chi connectivity index (χ1v) is 11.9. The van der Waals surface area contributed by atoms with Crippen LogP contribution >= 0.6 is 0 Å². The Balaban J connectivity index is 1.72. The van der Waals surface area contributed by atoms with E-state index in [2.05, 4.69) is 21.0 Å². The number of nitrogens with zero attached hydrogens (tertiary/aromatic N) is 2. The highest BCUT2D eigenvalue weighted by Crippen LogP contribution is 2.38. The number of carboxylic acid groups (broad SMARTS) is 1. The molecule has 13 heteroatoms. The highest BCUT2D eigenvalue weighted by atomic mass is 19.1. The number of hydrogen-bond acceptors (Lipinski definition) is 7. The quantitative estimate of drug-likeness (QED) is 0.388. The number of aromatic nitrogens is 2. The number of amides is 3. The fourth-order valence-electron chi connectivity index (χ4n) is 4.39. The lowest BCUT2D eigenvalue weighted by Crippen LogP contribution is -2.65. The Kier molecular flexibility index (Phi) is 7.70. The van der Waals surface area contributed by atoms with Gasteiger partial charge >= 0.3 is 12.2 Å². The van der Waals surface area contributed by atoms with Crippen LogP contribution < -0.4 is 16.0 Å². The SMILES string of the molecule is CC(C)(C)OC(=O)NC(CC1(F)CCCC1)C(=O)NC1(C(=O)C(=O)Nc2ccn(C(=O)O)n2)CCC1. The lowest BCUT2D eigenvalue weighted by Gasteiger charge is -2.41. The summed E-state index contributed by atoms with van der Waals surface area (Å²) in [5.41, 5.74) is -4.01. The minimum absolute atomic E-state index is 0.151. The number of hydrogen-bond donors (Lipinski definition) is 4. The second-order valence-electron chi connectivity index (χ2n) is 10.4. The summed E-state index contributed by atoms with van der Waals surface area (Å²) in [4.78, 5) is 62.1. The molecule has 2 aliphatic rings. The molecular weight excluding hydrogens is 477 g/mol. The maximum atomic E-state index is 15.3. The number of alkyl halides is 1. The van der Waals surface area contributed by atoms with Crippen LogP contribution in [0.1, 0.15) is 72.1 Å². The third-order valence-electron chi connectivity index (χ3n) is 6.31. The highest BCUT2D eigenvalue weighted by molar-refractivity contribution is 6.44. The van der Waals surface area contributed by atoms with E-state index >= 15 is 4.39 Å². The molecule has 2 aliphatic carbocycles. The Labute approximate surface area is 207 Å². The number of carbonyl (C=O) groups excluding carboxylic acids is 4. The third kappa shape index (κ3) is 6.58. The van der Waals surface area contributed by atoms with Crippen molar-refractivity contribution in [1.82, 2.24) is 20.4 Å². The number of Topliss-reactive ketones (excluding diaryl/α,β-unsaturated/α-hetero) is 1. The van der Waals surface area contributed by atoms with Gasteiger partial charge in [-0.15, -0.1) is 5.10 Å². The molecule has 0 aliphatic heterocycles. The molecule has 0 saturated heterocycles. The van der Waals surface area contributed by atoms with Gasteiger partial charge < -0.3 is 25.8 Å². The van der Waals surface area contributed by atoms with Crippen LogP contribution in [-0.4, -0.2) is 67.5 Å². The van der Waals surface area contributed by atoms with E-state index in [1.54, 1.807) is 20.8 Å². The van der Waals surface area contributed by atoms with Gasteiger partial charge in [-0.05, 0) is 52.9 Å². The van der Waals surface area contributed by atoms with Gasteiger partial charge in [0.15, 0.2) is 5.82 Å². The number of anilines is 1. The van der Waals surface area contributed by atoms with E-state index in [-0.39, 0.29) is 37.9 Å². The Morgan fingerprint density at radius 3 is 2.28 bits per heavy atom. The number of ketones is 1. The zero-order valence-electron chi connectivity index (χ0n) is 20.6. The second-order valence-corrected chi connectivity index (χ2v) is 10.4. The lowest BCUT2D eigenvalue weighted by molar-refractivity contribution is -0.144. The molecule has 198 valence electrons. The maximum absolute atomic E-state index is 15.3. The maximum Gasteiger partial charge on any atom is 0.432 e. The average molecular weight is 510 g/mol. The molecule has 36 heavy (non-hydrogen) atoms. The van der Waals surface area contributed by atoms with Gasteiger partial charge in [-0.1, -0.05) is 12.8 Å². The molecule has 0 radical (unpaired) electrons. The van der Waals surface area contributed by atoms with Gasteiger partial charge in [-0.3, -0.25) is 14.4 Å². The molecule has 12 nitrogen and oxygen atoms in total. The van der Waals surface area contributed by atoms with Gasteiger partial charge in [-0.25, -0.2) is 14.0 Å². The number of halogens is 1. The third-order valence-corrected chi connectivity index (χ3v) is 6.31. The second kappa shape index (κ2) is 10.2. The number of alkyl carbamates (subject to hydrolysis) is 1. The molecule has 4 N–H and O–H groups in total. The van der Waals surface area contributed by atoms with Crippen LogP contribution in [0, 0.1) is 0 Å². The van der Waals surface area contributed by atoms with Crippen molar-refractivity contribution in [3.63, 3.8) is 0 Å². The minimum Gasteiger partial charge on any atom is -0.463 e. The standard InChI is InChI=1S/C23H32FN5O7/c1-21(2,3)36-19(33)25-14(13-22(24)8-4-5-9-22)17(31)27-23(10-6-11-23)16(30)18(32)26-15-7-12-29(28-15)20(34)35/h7,12,14H,4-6,8-11,13H2,1-3H3,(H,25,33)(H,27,31)(H,34,35)(H,26,28,32). The number of nitrogens with one attached hydrogen (secondary N) is 3. The van der Waals surface area contributed by atoms with E-state index in [0.717, 1.165) is 6.20 Å². The van der Waals surface area contributed by atoms with Crippen LogP contribution in [0.25, 0.3) is 0 Å². The summed E-state index contributed by atoms with van der Waals surface area (Å²) in [5.74, 6) is -2.97. The zero-order valence-corrected chi connectivity index (χ0v) is 20.6. The van der Waals surface area contributed by atoms with Crippen molar-refractivity contribution >= 4 is 35.6 Å². The summed E-state index contributed by atoms with van der Waals surface area (Å²) < 4.78 is 21.1. The smallest absolute Gasteiger partial charge is 0.432 e. The molecule has 1 atom stereocenters. The summed E-state index contributed by atoms with van der Waals surface area (Å²) in [7, 11) is 0. The molecule has 2 saturated carbocycles. The first kappa shape index (κ1) is 27.1. The van der Waals surface area contributed by atoms with Crippen molar-refractivity contribution < 1.29 is 38.2 Å². The summed E-state index contributed by atoms with van der Waals surface area (Å²) in [5, 5.41) is 19.8. The number of ether oxygens (including phenoxy) is 1. The van der Waals surface area contributed by atoms with Gasteiger partial charge in [0, 0.05) is 18.7 Å². The highest BCUT2D eigenvalue weighted by Gasteiger charge is 2.50. The van der Waals surface area contributed by atoms with Crippen LogP contribution in [0.2, 0.25) is 0 Å². The summed E-state index contributed by atoms with van der Waals surface area (Å²) >= 11 is 0. The molecule has 1 unspecified atom stereocenters. The van der Waals surface area contributed by atoms with Gasteiger partial charge in [0.2, 0.25) is 11.7 Å². The van der Waals surface area contributed by atoms with Crippen LogP contribution in [0.15, 0.2) is 12.3 Å². The Bertz CT molecular complexity index is 1040. The molecule has 0 bridgehead atoms. The van der Waals surface area contributed by atoms with Gasteiger partial charge in [0.1, 0.15) is 22.9 Å². The van der Waals surface area contributed by atoms with Crippen molar-refractivity contribution in [1.29, 1.82) is 0 Å². The first-order valence-electron chi connectivity index (χ1n) is 11.9. The zero-order chi connectivity index (χ0) is 26.7. The van der Waals surface area contributed by atoms with Crippen LogP contribution in [0.5, 0.6) is 0 Å². The van der Waals surface area contributed by atoms with Crippen molar-refractivity contribution in [2.24, 2.45) is 0 Å². The monoisotopic (exact) mass is 509 g/mol. The summed E-state index contributed by atoms with van der Waals surface area (Å²) in [6.45, 7) is 4.94. The molecule has 0 aromatic carbocycles. The van der Waals surface area contributed by atoms with Crippen LogP contribution in [0.4, 0.5) is 19.8 Å². The van der Waals surface area contributed by atoms with E-state index in [1.807, 2.05) is 0 Å². The molecule has 3 rings (SSSR count). The average Bonchev–Trinajstić information content (AvgIpc) is 3.37. The van der Waals surface area contributed by atoms with Crippen LogP contribution in [-0.2, 0) is 19.1 Å². The van der Waals surface area contributed by atoms with E-state index in [9.17, 15) is 24.0 Å². The normalized spacial score (nSPS) is 18.9. The van der Waals surface area contributed by atoms with E-state index < -0.39 is 52.6 Å². The molecule has 0 spiro atoms. The van der Waals surface area contributed by atoms with E-state index in [1.165, 1.54) is 6.07 Å². The Morgan fingerprint density at radius 2 is 1.78 bits per heavy atom. The predicted molar refractivity (Wildman–Crippen MR) is 124 cm³/mol. The van der Waals surface area contributed by atoms with Gasteiger partial charge in [0.25, 0.3) is 5.91 Å². The van der Waals surface area contributed by atoms with Crippen molar-refractivity contribution in [3.8, 4) is 0 Å². The Morgan fingerprint density at radius 1 is 1.14 bits per heavy atom. The molecule has 2 fully saturated rings. The minimum atomic E-state index is -1.64. The predicted octanol–water partition coefficient (Wildman–Crippen LogP) is 2.52. The fourth-order valence-corrected chi connectivity index (χ4v) is 4.39. The molecular formula is C23H32FN5O7. The number of rotatable bonds is 8. The largest absolute Gasteiger partial charge is 0.463 e. The van der Waals surface area contributed by atoms with E-state index in [4.69, 9.17) is 9.84 Å². The Hall–Kier alpha value is -3.51. The van der Waals surface area contributed by atoms with E-state index in [0.29, 0.717) is 23.9 Å². The summed E-state index contributed by atoms with van der Waals surface area (Å²) in [6, 6.07) is -0.114. The van der Waals surface area contributed by atoms with Crippen LogP contribution in [0.3, 0.4) is 0 Å². The van der Waals surface area contributed by atoms with Gasteiger partial charge in [-0.2, -0.15) is 4.68 Å². The molecule has 3 amide bonds. The van der Waals surface area contributed by atoms with Crippen molar-refractivity contribution in [2.75, 3.05) is 5.32 Å².